The van der Waals surface area contributed by atoms with E-state index in [1.165, 1.54) is 25.6 Å². The summed E-state index contributed by atoms with van der Waals surface area (Å²) < 4.78 is 16.5. The zero-order chi connectivity index (χ0) is 18.7. The molecule has 0 aliphatic rings. The fourth-order valence-electron chi connectivity index (χ4n) is 2.56. The van der Waals surface area contributed by atoms with Crippen molar-refractivity contribution in [1.82, 2.24) is 5.32 Å². The number of thiophene rings is 1. The smallest absolute Gasteiger partial charge is 0.268 e. The highest BCUT2D eigenvalue weighted by atomic mass is 32.1. The standard InChI is InChI=1S/C19H17NO5S/c1-23-12-7-8-15-11(9-12)10-16(26-15)18(21)20-19(22)17-13(24-2)5-4-6-14(17)25-3/h4-10H,1-3H3,(H,20,21,22). The molecule has 0 radical (unpaired) electrons. The van der Waals surface area contributed by atoms with Gasteiger partial charge >= 0.3 is 0 Å². The van der Waals surface area contributed by atoms with Crippen LogP contribution in [-0.4, -0.2) is 33.1 Å². The maximum absolute atomic E-state index is 12.6. The number of nitrogens with one attached hydrogen (secondary N) is 1. The average molecular weight is 371 g/mol. The summed E-state index contributed by atoms with van der Waals surface area (Å²) >= 11 is 1.30. The van der Waals surface area contributed by atoms with Gasteiger partial charge in [0.15, 0.2) is 0 Å². The number of fused-ring (bicyclic) bond motifs is 1. The van der Waals surface area contributed by atoms with Gasteiger partial charge in [-0.15, -0.1) is 11.3 Å². The number of methoxy groups -OCH3 is 3. The summed E-state index contributed by atoms with van der Waals surface area (Å²) in [5.74, 6) is 0.297. The summed E-state index contributed by atoms with van der Waals surface area (Å²) in [6, 6.07) is 12.2. The van der Waals surface area contributed by atoms with Crippen molar-refractivity contribution >= 4 is 33.2 Å². The molecule has 0 aliphatic carbocycles. The molecule has 6 nitrogen and oxygen atoms in total. The number of carbonyl (C=O) groups is 2. The number of hydrogen-bond acceptors (Lipinski definition) is 6. The van der Waals surface area contributed by atoms with Crippen LogP contribution in [0, 0.1) is 0 Å². The van der Waals surface area contributed by atoms with Gasteiger partial charge in [0.1, 0.15) is 22.8 Å². The van der Waals surface area contributed by atoms with Crippen LogP contribution in [0.15, 0.2) is 42.5 Å². The van der Waals surface area contributed by atoms with Crippen LogP contribution in [0.3, 0.4) is 0 Å². The predicted molar refractivity (Wildman–Crippen MR) is 99.7 cm³/mol. The molecular weight excluding hydrogens is 354 g/mol. The van der Waals surface area contributed by atoms with Gasteiger partial charge in [-0.25, -0.2) is 0 Å². The lowest BCUT2D eigenvalue weighted by atomic mass is 10.1. The topological polar surface area (TPSA) is 73.9 Å². The minimum Gasteiger partial charge on any atom is -0.497 e. The van der Waals surface area contributed by atoms with Gasteiger partial charge in [-0.2, -0.15) is 0 Å². The fraction of sp³-hybridized carbons (Fsp3) is 0.158. The SMILES string of the molecule is COc1ccc2sc(C(=O)NC(=O)c3c(OC)cccc3OC)cc2c1. The Balaban J connectivity index is 1.87. The second kappa shape index (κ2) is 7.45. The maximum atomic E-state index is 12.6. The Labute approximate surface area is 154 Å². The molecule has 0 saturated heterocycles. The highest BCUT2D eigenvalue weighted by Gasteiger charge is 2.21. The Morgan fingerprint density at radius 2 is 1.58 bits per heavy atom. The molecule has 134 valence electrons. The van der Waals surface area contributed by atoms with Gasteiger partial charge in [0.25, 0.3) is 11.8 Å². The average Bonchev–Trinajstić information content (AvgIpc) is 3.10. The first-order chi connectivity index (χ1) is 12.6. The molecule has 1 heterocycles. The van der Waals surface area contributed by atoms with E-state index in [0.29, 0.717) is 22.1 Å². The molecule has 0 saturated carbocycles. The number of rotatable bonds is 5. The zero-order valence-electron chi connectivity index (χ0n) is 14.5. The van der Waals surface area contributed by atoms with Gasteiger partial charge < -0.3 is 14.2 Å². The lowest BCUT2D eigenvalue weighted by Crippen LogP contribution is -2.30. The van der Waals surface area contributed by atoms with Gasteiger partial charge in [-0.3, -0.25) is 14.9 Å². The van der Waals surface area contributed by atoms with Gasteiger partial charge in [0, 0.05) is 4.70 Å². The predicted octanol–water partition coefficient (Wildman–Crippen LogP) is 3.50. The van der Waals surface area contributed by atoms with Gasteiger partial charge in [0.2, 0.25) is 0 Å². The first-order valence-corrected chi connectivity index (χ1v) is 8.53. The first kappa shape index (κ1) is 17.8. The number of amides is 2. The molecule has 0 fully saturated rings. The van der Waals surface area contributed by atoms with Crippen molar-refractivity contribution in [2.45, 2.75) is 0 Å². The van der Waals surface area contributed by atoms with E-state index in [0.717, 1.165) is 10.1 Å². The highest BCUT2D eigenvalue weighted by Crippen LogP contribution is 2.30. The Hall–Kier alpha value is -3.06. The molecule has 26 heavy (non-hydrogen) atoms. The Bertz CT molecular complexity index is 957. The lowest BCUT2D eigenvalue weighted by molar-refractivity contribution is 0.0848. The number of ether oxygens (including phenoxy) is 3. The monoisotopic (exact) mass is 371 g/mol. The normalized spacial score (nSPS) is 10.4. The lowest BCUT2D eigenvalue weighted by Gasteiger charge is -2.12. The van der Waals surface area contributed by atoms with Gasteiger partial charge in [-0.1, -0.05) is 6.07 Å². The van der Waals surface area contributed by atoms with E-state index in [9.17, 15) is 9.59 Å². The minimum absolute atomic E-state index is 0.175. The Kier molecular flexibility index (Phi) is 5.09. The summed E-state index contributed by atoms with van der Waals surface area (Å²) in [5, 5.41) is 3.27. The molecule has 0 bridgehead atoms. The summed E-state index contributed by atoms with van der Waals surface area (Å²) in [6.07, 6.45) is 0. The van der Waals surface area contributed by atoms with Crippen LogP contribution < -0.4 is 19.5 Å². The van der Waals surface area contributed by atoms with Gasteiger partial charge in [-0.05, 0) is 41.8 Å². The number of hydrogen-bond donors (Lipinski definition) is 1. The second-order valence-electron chi connectivity index (χ2n) is 5.34. The van der Waals surface area contributed by atoms with Crippen LogP contribution in [0.2, 0.25) is 0 Å². The van der Waals surface area contributed by atoms with Crippen LogP contribution in [0.25, 0.3) is 10.1 Å². The molecule has 3 rings (SSSR count). The van der Waals surface area contributed by atoms with Crippen molar-refractivity contribution < 1.29 is 23.8 Å². The molecule has 2 aromatic carbocycles. The second-order valence-corrected chi connectivity index (χ2v) is 6.42. The van der Waals surface area contributed by atoms with E-state index >= 15 is 0 Å². The quantitative estimate of drug-likeness (QED) is 0.695. The van der Waals surface area contributed by atoms with Crippen molar-refractivity contribution in [1.29, 1.82) is 0 Å². The zero-order valence-corrected chi connectivity index (χ0v) is 15.3. The van der Waals surface area contributed by atoms with Crippen molar-refractivity contribution in [2.24, 2.45) is 0 Å². The van der Waals surface area contributed by atoms with E-state index in [1.54, 1.807) is 31.4 Å². The van der Waals surface area contributed by atoms with E-state index < -0.39 is 11.8 Å². The van der Waals surface area contributed by atoms with E-state index in [4.69, 9.17) is 14.2 Å². The molecule has 1 N–H and O–H groups in total. The minimum atomic E-state index is -0.584. The molecule has 1 aromatic heterocycles. The Morgan fingerprint density at radius 1 is 0.885 bits per heavy atom. The third-order valence-corrected chi connectivity index (χ3v) is 4.94. The molecule has 0 spiro atoms. The van der Waals surface area contributed by atoms with Crippen LogP contribution in [0.1, 0.15) is 20.0 Å². The van der Waals surface area contributed by atoms with E-state index in [1.807, 2.05) is 18.2 Å². The van der Waals surface area contributed by atoms with Gasteiger partial charge in [0.05, 0.1) is 26.2 Å². The molecular formula is C19H17NO5S. The maximum Gasteiger partial charge on any atom is 0.268 e. The Morgan fingerprint density at radius 3 is 2.19 bits per heavy atom. The summed E-state index contributed by atoms with van der Waals surface area (Å²) in [7, 11) is 4.49. The van der Waals surface area contributed by atoms with Crippen LogP contribution in [-0.2, 0) is 0 Å². The van der Waals surface area contributed by atoms with Crippen LogP contribution in [0.5, 0.6) is 17.2 Å². The van der Waals surface area contributed by atoms with Crippen LogP contribution >= 0.6 is 11.3 Å². The summed E-state index contributed by atoms with van der Waals surface area (Å²) in [5.41, 5.74) is 0.175. The fourth-order valence-corrected chi connectivity index (χ4v) is 3.50. The molecule has 7 heteroatoms. The number of carbonyl (C=O) groups excluding carboxylic acids is 2. The highest BCUT2D eigenvalue weighted by molar-refractivity contribution is 7.20. The summed E-state index contributed by atoms with van der Waals surface area (Å²) in [4.78, 5) is 25.5. The number of benzene rings is 2. The third-order valence-electron chi connectivity index (χ3n) is 3.83. The van der Waals surface area contributed by atoms with Crippen molar-refractivity contribution in [3.63, 3.8) is 0 Å². The van der Waals surface area contributed by atoms with Crippen molar-refractivity contribution in [3.8, 4) is 17.2 Å². The molecule has 0 aliphatic heterocycles. The number of imide groups is 1. The van der Waals surface area contributed by atoms with E-state index in [-0.39, 0.29) is 5.56 Å². The molecule has 0 atom stereocenters. The molecule has 2 amide bonds. The largest absolute Gasteiger partial charge is 0.497 e. The third kappa shape index (κ3) is 3.34. The van der Waals surface area contributed by atoms with Crippen molar-refractivity contribution in [3.05, 3.63) is 52.9 Å². The van der Waals surface area contributed by atoms with Crippen LogP contribution in [0.4, 0.5) is 0 Å². The van der Waals surface area contributed by atoms with E-state index in [2.05, 4.69) is 5.32 Å². The summed E-state index contributed by atoms with van der Waals surface area (Å²) in [6.45, 7) is 0. The molecule has 3 aromatic rings. The molecule has 0 unspecified atom stereocenters. The first-order valence-electron chi connectivity index (χ1n) is 7.71. The van der Waals surface area contributed by atoms with Crippen molar-refractivity contribution in [2.75, 3.05) is 21.3 Å².